The van der Waals surface area contributed by atoms with Gasteiger partial charge in [-0.05, 0) is 56.4 Å². The van der Waals surface area contributed by atoms with Crippen molar-refractivity contribution in [3.05, 3.63) is 58.9 Å². The Hall–Kier alpha value is -2.40. The Morgan fingerprint density at radius 1 is 1.23 bits per heavy atom. The maximum atomic E-state index is 12.5. The highest BCUT2D eigenvalue weighted by Crippen LogP contribution is 2.39. The number of nitrogens with one attached hydrogen (secondary N) is 2. The van der Waals surface area contributed by atoms with Crippen molar-refractivity contribution in [2.45, 2.75) is 38.6 Å². The van der Waals surface area contributed by atoms with Crippen molar-refractivity contribution in [2.24, 2.45) is 5.92 Å². The smallest absolute Gasteiger partial charge is 0.270 e. The molecule has 2 N–H and O–H groups in total. The van der Waals surface area contributed by atoms with Crippen LogP contribution < -0.4 is 10.6 Å². The molecule has 3 rings (SSSR count). The summed E-state index contributed by atoms with van der Waals surface area (Å²) in [6.07, 6.45) is 3.96. The SMILES string of the molecule is CC(C)(NC(=O)c1cc(NC(=O)Cc2ccccc2Cl)ccn1)C1CC1. The van der Waals surface area contributed by atoms with Crippen LogP contribution in [0.2, 0.25) is 5.02 Å². The lowest BCUT2D eigenvalue weighted by molar-refractivity contribution is -0.115. The number of carbonyl (C=O) groups excluding carboxylic acids is 2. The van der Waals surface area contributed by atoms with E-state index >= 15 is 0 Å². The van der Waals surface area contributed by atoms with Gasteiger partial charge in [0.1, 0.15) is 5.69 Å². The molecular weight excluding hydrogens is 350 g/mol. The van der Waals surface area contributed by atoms with Crippen molar-refractivity contribution < 1.29 is 9.59 Å². The zero-order chi connectivity index (χ0) is 18.7. The average molecular weight is 372 g/mol. The van der Waals surface area contributed by atoms with Gasteiger partial charge in [0.2, 0.25) is 5.91 Å². The van der Waals surface area contributed by atoms with Crippen molar-refractivity contribution in [3.63, 3.8) is 0 Å². The predicted molar refractivity (Wildman–Crippen MR) is 102 cm³/mol. The Morgan fingerprint density at radius 2 is 1.96 bits per heavy atom. The fourth-order valence-electron chi connectivity index (χ4n) is 2.92. The lowest BCUT2D eigenvalue weighted by Crippen LogP contribution is -2.45. The zero-order valence-electron chi connectivity index (χ0n) is 14.9. The van der Waals surface area contributed by atoms with Crippen molar-refractivity contribution in [1.82, 2.24) is 10.3 Å². The number of benzene rings is 1. The normalized spacial score (nSPS) is 14.0. The number of carbonyl (C=O) groups is 2. The third-order valence-electron chi connectivity index (χ3n) is 4.62. The summed E-state index contributed by atoms with van der Waals surface area (Å²) in [5.74, 6) is 0.0861. The largest absolute Gasteiger partial charge is 0.346 e. The molecule has 2 aromatic rings. The maximum Gasteiger partial charge on any atom is 0.270 e. The standard InChI is InChI=1S/C20H22ClN3O2/c1-20(2,14-7-8-14)24-19(26)17-12-15(9-10-22-17)23-18(25)11-13-5-3-4-6-16(13)21/h3-6,9-10,12,14H,7-8,11H2,1-2H3,(H,24,26)(H,22,23,25). The van der Waals surface area contributed by atoms with E-state index in [0.717, 1.165) is 18.4 Å². The van der Waals surface area contributed by atoms with Gasteiger partial charge in [-0.25, -0.2) is 0 Å². The third kappa shape index (κ3) is 4.61. The molecule has 1 saturated carbocycles. The van der Waals surface area contributed by atoms with Crippen LogP contribution in [-0.2, 0) is 11.2 Å². The van der Waals surface area contributed by atoms with E-state index in [9.17, 15) is 9.59 Å². The molecule has 0 unspecified atom stereocenters. The number of pyridine rings is 1. The molecule has 6 heteroatoms. The van der Waals surface area contributed by atoms with Gasteiger partial charge in [-0.15, -0.1) is 0 Å². The molecule has 1 heterocycles. The first-order chi connectivity index (χ1) is 12.3. The monoisotopic (exact) mass is 371 g/mol. The van der Waals surface area contributed by atoms with Crippen LogP contribution in [0.5, 0.6) is 0 Å². The molecule has 1 aliphatic rings. The van der Waals surface area contributed by atoms with Crippen LogP contribution in [0.15, 0.2) is 42.6 Å². The fraction of sp³-hybridized carbons (Fsp3) is 0.350. The highest BCUT2D eigenvalue weighted by molar-refractivity contribution is 6.31. The van der Waals surface area contributed by atoms with E-state index in [1.807, 2.05) is 32.0 Å². The van der Waals surface area contributed by atoms with Gasteiger partial charge in [-0.2, -0.15) is 0 Å². The Bertz CT molecular complexity index is 831. The van der Waals surface area contributed by atoms with E-state index in [4.69, 9.17) is 11.6 Å². The Balaban J connectivity index is 1.64. The summed E-state index contributed by atoms with van der Waals surface area (Å²) < 4.78 is 0. The highest BCUT2D eigenvalue weighted by Gasteiger charge is 2.39. The van der Waals surface area contributed by atoms with Crippen molar-refractivity contribution in [1.29, 1.82) is 0 Å². The molecule has 1 aromatic carbocycles. The molecular formula is C20H22ClN3O2. The molecule has 1 aromatic heterocycles. The van der Waals surface area contributed by atoms with Crippen LogP contribution >= 0.6 is 11.6 Å². The molecule has 0 spiro atoms. The van der Waals surface area contributed by atoms with Crippen LogP contribution in [-0.4, -0.2) is 22.3 Å². The first-order valence-electron chi connectivity index (χ1n) is 8.67. The van der Waals surface area contributed by atoms with E-state index in [1.165, 1.54) is 6.20 Å². The van der Waals surface area contributed by atoms with Gasteiger partial charge in [0, 0.05) is 22.4 Å². The van der Waals surface area contributed by atoms with Gasteiger partial charge >= 0.3 is 0 Å². The molecule has 0 bridgehead atoms. The molecule has 0 saturated heterocycles. The molecule has 5 nitrogen and oxygen atoms in total. The van der Waals surface area contributed by atoms with Crippen LogP contribution in [0.4, 0.5) is 5.69 Å². The topological polar surface area (TPSA) is 71.1 Å². The predicted octanol–water partition coefficient (Wildman–Crippen LogP) is 3.83. The first-order valence-corrected chi connectivity index (χ1v) is 9.05. The molecule has 0 atom stereocenters. The highest BCUT2D eigenvalue weighted by atomic mass is 35.5. The van der Waals surface area contributed by atoms with Gasteiger partial charge in [-0.3, -0.25) is 14.6 Å². The van der Waals surface area contributed by atoms with Gasteiger partial charge in [-0.1, -0.05) is 29.8 Å². The van der Waals surface area contributed by atoms with Gasteiger partial charge in [0.15, 0.2) is 0 Å². The summed E-state index contributed by atoms with van der Waals surface area (Å²) in [6, 6.07) is 10.5. The number of hydrogen-bond acceptors (Lipinski definition) is 3. The second kappa shape index (κ2) is 7.46. The van der Waals surface area contributed by atoms with Crippen LogP contribution in [0.3, 0.4) is 0 Å². The summed E-state index contributed by atoms with van der Waals surface area (Å²) in [5, 5.41) is 6.38. The second-order valence-electron chi connectivity index (χ2n) is 7.20. The van der Waals surface area contributed by atoms with Crippen LogP contribution in [0.25, 0.3) is 0 Å². The number of anilines is 1. The average Bonchev–Trinajstić information content (AvgIpc) is 3.42. The molecule has 136 valence electrons. The van der Waals surface area contributed by atoms with E-state index in [1.54, 1.807) is 18.2 Å². The van der Waals surface area contributed by atoms with Crippen molar-refractivity contribution in [2.75, 3.05) is 5.32 Å². The quantitative estimate of drug-likeness (QED) is 0.810. The third-order valence-corrected chi connectivity index (χ3v) is 4.99. The molecule has 0 aliphatic heterocycles. The summed E-state index contributed by atoms with van der Waals surface area (Å²) >= 11 is 6.09. The fourth-order valence-corrected chi connectivity index (χ4v) is 3.12. The van der Waals surface area contributed by atoms with Gasteiger partial charge in [0.05, 0.1) is 6.42 Å². The van der Waals surface area contributed by atoms with E-state index in [-0.39, 0.29) is 29.5 Å². The van der Waals surface area contributed by atoms with Gasteiger partial charge in [0.25, 0.3) is 5.91 Å². The summed E-state index contributed by atoms with van der Waals surface area (Å²) in [4.78, 5) is 28.8. The minimum absolute atomic E-state index is 0.165. The summed E-state index contributed by atoms with van der Waals surface area (Å²) in [5.41, 5.74) is 1.33. The van der Waals surface area contributed by atoms with E-state index in [2.05, 4.69) is 15.6 Å². The number of aromatic nitrogens is 1. The second-order valence-corrected chi connectivity index (χ2v) is 7.60. The van der Waals surface area contributed by atoms with Crippen molar-refractivity contribution in [3.8, 4) is 0 Å². The van der Waals surface area contributed by atoms with Gasteiger partial charge < -0.3 is 10.6 Å². The number of nitrogens with zero attached hydrogens (tertiary/aromatic N) is 1. The molecule has 1 fully saturated rings. The lowest BCUT2D eigenvalue weighted by Gasteiger charge is -2.25. The van der Waals surface area contributed by atoms with E-state index < -0.39 is 0 Å². The lowest BCUT2D eigenvalue weighted by atomic mass is 9.98. The van der Waals surface area contributed by atoms with E-state index in [0.29, 0.717) is 16.6 Å². The molecule has 1 aliphatic carbocycles. The molecule has 26 heavy (non-hydrogen) atoms. The number of amides is 2. The number of rotatable bonds is 6. The molecule has 0 radical (unpaired) electrons. The summed E-state index contributed by atoms with van der Waals surface area (Å²) in [7, 11) is 0. The maximum absolute atomic E-state index is 12.5. The Morgan fingerprint density at radius 3 is 2.65 bits per heavy atom. The molecule has 2 amide bonds. The minimum atomic E-state index is -0.248. The minimum Gasteiger partial charge on any atom is -0.346 e. The van der Waals surface area contributed by atoms with Crippen molar-refractivity contribution >= 4 is 29.1 Å². The summed E-state index contributed by atoms with van der Waals surface area (Å²) in [6.45, 7) is 4.05. The Kier molecular flexibility index (Phi) is 5.28. The Labute approximate surface area is 158 Å². The number of halogens is 1. The number of hydrogen-bond donors (Lipinski definition) is 2. The zero-order valence-corrected chi connectivity index (χ0v) is 15.6. The van der Waals surface area contributed by atoms with Crippen LogP contribution in [0, 0.1) is 5.92 Å². The van der Waals surface area contributed by atoms with Crippen LogP contribution in [0.1, 0.15) is 42.7 Å². The first kappa shape index (κ1) is 18.4.